The number of hydrogen-bond acceptors (Lipinski definition) is 6. The molecule has 2 N–H and O–H groups in total. The van der Waals surface area contributed by atoms with Crippen LogP contribution in [0.2, 0.25) is 0 Å². The van der Waals surface area contributed by atoms with Crippen molar-refractivity contribution in [1.82, 2.24) is 9.62 Å². The van der Waals surface area contributed by atoms with Gasteiger partial charge in [-0.1, -0.05) is 13.8 Å². The van der Waals surface area contributed by atoms with E-state index in [2.05, 4.69) is 23.9 Å². The van der Waals surface area contributed by atoms with Crippen LogP contribution in [0.25, 0.3) is 0 Å². The van der Waals surface area contributed by atoms with Gasteiger partial charge in [-0.2, -0.15) is 5.26 Å². The number of nitrogens with zero attached hydrogens (tertiary/aromatic N) is 2. The predicted octanol–water partition coefficient (Wildman–Crippen LogP) is 1.99. The molecule has 1 fully saturated rings. The zero-order valence-electron chi connectivity index (χ0n) is 14.9. The molecule has 0 saturated carbocycles. The summed E-state index contributed by atoms with van der Waals surface area (Å²) in [6, 6.07) is 4.79. The Balaban J connectivity index is 2.15. The van der Waals surface area contributed by atoms with Crippen molar-refractivity contribution in [2.75, 3.05) is 32.1 Å². The molecule has 7 nitrogen and oxygen atoms in total. The summed E-state index contributed by atoms with van der Waals surface area (Å²) >= 11 is 0. The van der Waals surface area contributed by atoms with E-state index in [0.717, 1.165) is 18.7 Å². The lowest BCUT2D eigenvalue weighted by Crippen LogP contribution is -2.36. The van der Waals surface area contributed by atoms with E-state index >= 15 is 0 Å². The molecule has 0 radical (unpaired) electrons. The molecule has 0 aromatic heterocycles. The number of ether oxygens (including phenoxy) is 1. The molecule has 1 atom stereocenters. The minimum absolute atomic E-state index is 0.111. The summed E-state index contributed by atoms with van der Waals surface area (Å²) in [5, 5.41) is 12.2. The Kier molecular flexibility index (Phi) is 6.51. The van der Waals surface area contributed by atoms with Gasteiger partial charge in [0.2, 0.25) is 10.0 Å². The van der Waals surface area contributed by atoms with E-state index in [9.17, 15) is 8.42 Å². The van der Waals surface area contributed by atoms with E-state index in [1.807, 2.05) is 12.3 Å². The molecule has 1 saturated heterocycles. The number of benzene rings is 1. The number of nitrogens with one attached hydrogen (secondary N) is 2. The standard InChI is InChI=1S/C17H26N4O3S/c1-13(2)6-8-19-14-4-5-16(24-3)17(10-14)25(22,23)20-15-7-9-21(11-15)12-18/h4-5,10,13,15,19-20H,6-9,11H2,1-3H3/t15-/m1/s1. The average Bonchev–Trinajstić information content (AvgIpc) is 3.01. The van der Waals surface area contributed by atoms with Crippen LogP contribution in [-0.4, -0.2) is 46.1 Å². The molecule has 0 amide bonds. The van der Waals surface area contributed by atoms with Crippen molar-refractivity contribution in [3.63, 3.8) is 0 Å². The third kappa shape index (κ3) is 5.25. The fourth-order valence-electron chi connectivity index (χ4n) is 2.73. The summed E-state index contributed by atoms with van der Waals surface area (Å²) in [7, 11) is -2.28. The van der Waals surface area contributed by atoms with Crippen LogP contribution in [0.4, 0.5) is 5.69 Å². The smallest absolute Gasteiger partial charge is 0.244 e. The molecule has 1 heterocycles. The maximum atomic E-state index is 12.8. The van der Waals surface area contributed by atoms with Gasteiger partial charge in [-0.05, 0) is 37.0 Å². The first-order valence-corrected chi connectivity index (χ1v) is 9.93. The van der Waals surface area contributed by atoms with Gasteiger partial charge in [-0.15, -0.1) is 0 Å². The predicted molar refractivity (Wildman–Crippen MR) is 96.9 cm³/mol. The number of rotatable bonds is 8. The van der Waals surface area contributed by atoms with Crippen LogP contribution in [0.1, 0.15) is 26.7 Å². The van der Waals surface area contributed by atoms with Gasteiger partial charge in [-0.25, -0.2) is 13.1 Å². The number of anilines is 1. The third-order valence-corrected chi connectivity index (χ3v) is 5.70. The van der Waals surface area contributed by atoms with E-state index in [-0.39, 0.29) is 10.9 Å². The van der Waals surface area contributed by atoms with Gasteiger partial charge in [0.1, 0.15) is 10.6 Å². The largest absolute Gasteiger partial charge is 0.495 e. The molecule has 0 bridgehead atoms. The fourth-order valence-corrected chi connectivity index (χ4v) is 4.19. The van der Waals surface area contributed by atoms with Crippen molar-refractivity contribution in [3.8, 4) is 11.9 Å². The topological polar surface area (TPSA) is 94.5 Å². The molecular weight excluding hydrogens is 340 g/mol. The number of nitriles is 1. The van der Waals surface area contributed by atoms with E-state index in [1.54, 1.807) is 17.0 Å². The second-order valence-corrected chi connectivity index (χ2v) is 8.31. The van der Waals surface area contributed by atoms with Gasteiger partial charge >= 0.3 is 0 Å². The lowest BCUT2D eigenvalue weighted by Gasteiger charge is -2.16. The Morgan fingerprint density at radius 2 is 2.20 bits per heavy atom. The summed E-state index contributed by atoms with van der Waals surface area (Å²) < 4.78 is 33.5. The Morgan fingerprint density at radius 3 is 2.80 bits per heavy atom. The maximum Gasteiger partial charge on any atom is 0.244 e. The van der Waals surface area contributed by atoms with E-state index in [1.165, 1.54) is 7.11 Å². The van der Waals surface area contributed by atoms with Crippen LogP contribution in [0.3, 0.4) is 0 Å². The highest BCUT2D eigenvalue weighted by atomic mass is 32.2. The first-order chi connectivity index (χ1) is 11.9. The Hall–Kier alpha value is -1.98. The van der Waals surface area contributed by atoms with Crippen LogP contribution in [0.15, 0.2) is 23.1 Å². The van der Waals surface area contributed by atoms with Gasteiger partial charge < -0.3 is 15.0 Å². The van der Waals surface area contributed by atoms with Gasteiger partial charge in [0.15, 0.2) is 6.19 Å². The summed E-state index contributed by atoms with van der Waals surface area (Å²) in [5.41, 5.74) is 0.742. The van der Waals surface area contributed by atoms with Crippen LogP contribution >= 0.6 is 0 Å². The summed E-state index contributed by atoms with van der Waals surface area (Å²) in [4.78, 5) is 1.66. The average molecular weight is 366 g/mol. The molecule has 1 aliphatic rings. The lowest BCUT2D eigenvalue weighted by atomic mass is 10.1. The van der Waals surface area contributed by atoms with Gasteiger partial charge in [0, 0.05) is 31.4 Å². The van der Waals surface area contributed by atoms with Crippen molar-refractivity contribution in [1.29, 1.82) is 5.26 Å². The first kappa shape index (κ1) is 19.3. The van der Waals surface area contributed by atoms with Crippen molar-refractivity contribution in [3.05, 3.63) is 18.2 Å². The first-order valence-electron chi connectivity index (χ1n) is 8.44. The van der Waals surface area contributed by atoms with Crippen molar-refractivity contribution in [2.45, 2.75) is 37.6 Å². The maximum absolute atomic E-state index is 12.8. The minimum Gasteiger partial charge on any atom is -0.495 e. The SMILES string of the molecule is COc1ccc(NCCC(C)C)cc1S(=O)(=O)N[C@@H]1CCN(C#N)C1. The van der Waals surface area contributed by atoms with E-state index < -0.39 is 10.0 Å². The quantitative estimate of drug-likeness (QED) is 0.683. The van der Waals surface area contributed by atoms with E-state index in [0.29, 0.717) is 31.2 Å². The van der Waals surface area contributed by atoms with Crippen molar-refractivity contribution >= 4 is 15.7 Å². The summed E-state index contributed by atoms with van der Waals surface area (Å²) in [6.45, 7) is 6.02. The Labute approximate surface area is 150 Å². The van der Waals surface area contributed by atoms with Crippen LogP contribution in [-0.2, 0) is 10.0 Å². The second kappa shape index (κ2) is 8.41. The molecule has 0 aliphatic carbocycles. The summed E-state index contributed by atoms with van der Waals surface area (Å²) in [6.07, 6.45) is 3.66. The highest BCUT2D eigenvalue weighted by molar-refractivity contribution is 7.89. The zero-order valence-corrected chi connectivity index (χ0v) is 15.8. The molecule has 0 spiro atoms. The molecule has 2 rings (SSSR count). The van der Waals surface area contributed by atoms with Gasteiger partial charge in [0.25, 0.3) is 0 Å². The molecule has 25 heavy (non-hydrogen) atoms. The molecule has 1 aromatic rings. The summed E-state index contributed by atoms with van der Waals surface area (Å²) in [5.74, 6) is 0.873. The highest BCUT2D eigenvalue weighted by Gasteiger charge is 2.28. The highest BCUT2D eigenvalue weighted by Crippen LogP contribution is 2.28. The number of methoxy groups -OCH3 is 1. The number of sulfonamides is 1. The van der Waals surface area contributed by atoms with Crippen molar-refractivity contribution < 1.29 is 13.2 Å². The Bertz CT molecular complexity index is 728. The molecule has 8 heteroatoms. The minimum atomic E-state index is -3.73. The third-order valence-electron chi connectivity index (χ3n) is 4.16. The normalized spacial score (nSPS) is 17.6. The number of hydrogen-bond donors (Lipinski definition) is 2. The molecule has 1 aliphatic heterocycles. The van der Waals surface area contributed by atoms with Crippen molar-refractivity contribution in [2.24, 2.45) is 5.92 Å². The lowest BCUT2D eigenvalue weighted by molar-refractivity contribution is 0.402. The second-order valence-electron chi connectivity index (χ2n) is 6.63. The van der Waals surface area contributed by atoms with Crippen LogP contribution in [0, 0.1) is 17.4 Å². The fraction of sp³-hybridized carbons (Fsp3) is 0.588. The van der Waals surface area contributed by atoms with Crippen LogP contribution < -0.4 is 14.8 Å². The van der Waals surface area contributed by atoms with Gasteiger partial charge in [0.05, 0.1) is 7.11 Å². The molecule has 0 unspecified atom stereocenters. The molecule has 138 valence electrons. The zero-order chi connectivity index (χ0) is 18.4. The molecular formula is C17H26N4O3S. The number of likely N-dealkylation sites (tertiary alicyclic amines) is 1. The van der Waals surface area contributed by atoms with Gasteiger partial charge in [-0.3, -0.25) is 0 Å². The Morgan fingerprint density at radius 1 is 1.44 bits per heavy atom. The van der Waals surface area contributed by atoms with Crippen LogP contribution in [0.5, 0.6) is 5.75 Å². The molecule has 1 aromatic carbocycles. The van der Waals surface area contributed by atoms with E-state index in [4.69, 9.17) is 10.00 Å². The monoisotopic (exact) mass is 366 g/mol.